The zero-order valence-corrected chi connectivity index (χ0v) is 15.5. The van der Waals surface area contributed by atoms with E-state index in [4.69, 9.17) is 9.72 Å². The largest absolute Gasteiger partial charge is 0.384 e. The molecule has 2 N–H and O–H groups in total. The molecule has 1 atom stereocenters. The van der Waals surface area contributed by atoms with Crippen LogP contribution in [-0.4, -0.2) is 28.7 Å². The first-order valence-corrected chi connectivity index (χ1v) is 8.67. The van der Waals surface area contributed by atoms with Crippen molar-refractivity contribution in [2.75, 3.05) is 13.7 Å². The molecule has 0 aliphatic rings. The molecule has 0 unspecified atom stereocenters. The lowest BCUT2D eigenvalue weighted by Gasteiger charge is -2.19. The number of nitrogens with zero attached hydrogens (tertiary/aromatic N) is 1. The fourth-order valence-electron chi connectivity index (χ4n) is 3.60. The number of fused-ring (bicyclic) bond motifs is 1. The van der Waals surface area contributed by atoms with Crippen molar-refractivity contribution >= 4 is 11.0 Å². The van der Waals surface area contributed by atoms with E-state index < -0.39 is 0 Å². The summed E-state index contributed by atoms with van der Waals surface area (Å²) >= 11 is 0. The molecule has 3 aromatic heterocycles. The molecule has 5 nitrogen and oxygen atoms in total. The van der Waals surface area contributed by atoms with Crippen molar-refractivity contribution in [3.8, 4) is 11.3 Å². The van der Waals surface area contributed by atoms with Crippen molar-refractivity contribution in [1.82, 2.24) is 15.0 Å². The van der Waals surface area contributed by atoms with Gasteiger partial charge in [0.15, 0.2) is 0 Å². The maximum absolute atomic E-state index is 11.7. The number of methoxy groups -OCH3 is 1. The Balaban J connectivity index is 2.35. The number of ether oxygens (including phenoxy) is 1. The number of aryl methyl sites for hydroxylation is 2. The Bertz CT molecular complexity index is 969. The van der Waals surface area contributed by atoms with Crippen molar-refractivity contribution in [2.24, 2.45) is 0 Å². The monoisotopic (exact) mass is 339 g/mol. The van der Waals surface area contributed by atoms with Gasteiger partial charge in [-0.05, 0) is 43.0 Å². The third-order valence-electron chi connectivity index (χ3n) is 4.81. The van der Waals surface area contributed by atoms with Gasteiger partial charge in [0, 0.05) is 36.5 Å². The Labute approximate surface area is 147 Å². The van der Waals surface area contributed by atoms with Crippen LogP contribution in [0.4, 0.5) is 0 Å². The summed E-state index contributed by atoms with van der Waals surface area (Å²) < 4.78 is 5.39. The first-order chi connectivity index (χ1) is 12.0. The molecule has 0 aliphatic heterocycles. The highest BCUT2D eigenvalue weighted by atomic mass is 16.5. The summed E-state index contributed by atoms with van der Waals surface area (Å²) in [4.78, 5) is 23.0. The van der Waals surface area contributed by atoms with Crippen LogP contribution in [0.5, 0.6) is 0 Å². The van der Waals surface area contributed by atoms with Crippen LogP contribution >= 0.6 is 0 Å². The molecule has 0 aliphatic carbocycles. The van der Waals surface area contributed by atoms with Crippen molar-refractivity contribution in [2.45, 2.75) is 40.0 Å². The van der Waals surface area contributed by atoms with E-state index in [1.165, 1.54) is 5.56 Å². The molecule has 3 aromatic rings. The van der Waals surface area contributed by atoms with Gasteiger partial charge in [-0.1, -0.05) is 13.8 Å². The molecule has 3 heterocycles. The number of rotatable bonds is 5. The molecule has 0 saturated carbocycles. The van der Waals surface area contributed by atoms with Gasteiger partial charge in [-0.25, -0.2) is 4.98 Å². The highest BCUT2D eigenvalue weighted by Gasteiger charge is 2.21. The minimum atomic E-state index is -0.0786. The van der Waals surface area contributed by atoms with Crippen LogP contribution in [0.2, 0.25) is 0 Å². The maximum Gasteiger partial charge on any atom is 0.248 e. The molecule has 0 amide bonds. The molecule has 5 heteroatoms. The molecule has 0 bridgehead atoms. The lowest BCUT2D eigenvalue weighted by Crippen LogP contribution is -2.11. The third-order valence-corrected chi connectivity index (χ3v) is 4.81. The summed E-state index contributed by atoms with van der Waals surface area (Å²) in [7, 11) is 1.72. The Morgan fingerprint density at radius 2 is 2.04 bits per heavy atom. The molecule has 0 spiro atoms. The summed E-state index contributed by atoms with van der Waals surface area (Å²) in [6.45, 7) is 9.01. The van der Waals surface area contributed by atoms with Gasteiger partial charge in [0.1, 0.15) is 0 Å². The van der Waals surface area contributed by atoms with E-state index >= 15 is 0 Å². The number of H-pyrrole nitrogens is 2. The molecule has 0 saturated heterocycles. The minimum absolute atomic E-state index is 0.0786. The van der Waals surface area contributed by atoms with E-state index in [1.54, 1.807) is 13.2 Å². The average Bonchev–Trinajstić information content (AvgIpc) is 2.95. The second-order valence-electron chi connectivity index (χ2n) is 6.62. The van der Waals surface area contributed by atoms with Crippen LogP contribution in [0.1, 0.15) is 42.1 Å². The zero-order chi connectivity index (χ0) is 18.1. The van der Waals surface area contributed by atoms with Gasteiger partial charge in [-0.15, -0.1) is 0 Å². The summed E-state index contributed by atoms with van der Waals surface area (Å²) in [5.41, 5.74) is 8.28. The predicted molar refractivity (Wildman–Crippen MR) is 101 cm³/mol. The molecule has 0 radical (unpaired) electrons. The van der Waals surface area contributed by atoms with Crippen LogP contribution in [0.15, 0.2) is 23.1 Å². The summed E-state index contributed by atoms with van der Waals surface area (Å²) in [5, 5.41) is 0. The van der Waals surface area contributed by atoms with Crippen molar-refractivity contribution in [3.05, 3.63) is 51.1 Å². The molecule has 25 heavy (non-hydrogen) atoms. The normalized spacial score (nSPS) is 12.7. The van der Waals surface area contributed by atoms with Crippen LogP contribution < -0.4 is 5.56 Å². The van der Waals surface area contributed by atoms with Gasteiger partial charge in [0.05, 0.1) is 23.3 Å². The lowest BCUT2D eigenvalue weighted by molar-refractivity contribution is 0.184. The van der Waals surface area contributed by atoms with Crippen LogP contribution in [-0.2, 0) is 11.2 Å². The van der Waals surface area contributed by atoms with Crippen LogP contribution in [0, 0.1) is 13.8 Å². The lowest BCUT2D eigenvalue weighted by atomic mass is 9.92. The van der Waals surface area contributed by atoms with E-state index in [2.05, 4.69) is 30.7 Å². The Morgan fingerprint density at radius 3 is 2.72 bits per heavy atom. The zero-order valence-electron chi connectivity index (χ0n) is 15.5. The van der Waals surface area contributed by atoms with Gasteiger partial charge in [0.2, 0.25) is 5.56 Å². The topological polar surface area (TPSA) is 70.8 Å². The number of aromatic nitrogens is 3. The first kappa shape index (κ1) is 17.4. The first-order valence-electron chi connectivity index (χ1n) is 8.67. The van der Waals surface area contributed by atoms with E-state index in [1.807, 2.05) is 19.2 Å². The van der Waals surface area contributed by atoms with Gasteiger partial charge in [0.25, 0.3) is 0 Å². The predicted octanol–water partition coefficient (Wildman–Crippen LogP) is 3.85. The third kappa shape index (κ3) is 3.00. The van der Waals surface area contributed by atoms with E-state index in [0.29, 0.717) is 6.61 Å². The van der Waals surface area contributed by atoms with Crippen molar-refractivity contribution < 1.29 is 4.74 Å². The number of hydrogen-bond acceptors (Lipinski definition) is 3. The van der Waals surface area contributed by atoms with Gasteiger partial charge in [-0.2, -0.15) is 0 Å². The summed E-state index contributed by atoms with van der Waals surface area (Å²) in [6.07, 6.45) is 2.75. The molecule has 132 valence electrons. The molecule has 0 fully saturated rings. The number of aromatic amines is 2. The average molecular weight is 339 g/mol. The molecule has 3 rings (SSSR count). The Kier molecular flexibility index (Phi) is 4.77. The van der Waals surface area contributed by atoms with E-state index in [0.717, 1.165) is 45.5 Å². The second-order valence-corrected chi connectivity index (χ2v) is 6.62. The Hall–Kier alpha value is -2.40. The Morgan fingerprint density at radius 1 is 1.28 bits per heavy atom. The van der Waals surface area contributed by atoms with Gasteiger partial charge >= 0.3 is 0 Å². The second kappa shape index (κ2) is 6.84. The molecular weight excluding hydrogens is 314 g/mol. The molecular formula is C20H25N3O2. The number of pyridine rings is 2. The van der Waals surface area contributed by atoms with Crippen molar-refractivity contribution in [3.63, 3.8) is 0 Å². The number of nitrogens with one attached hydrogen (secondary N) is 2. The fraction of sp³-hybridized carbons (Fsp3) is 0.400. The van der Waals surface area contributed by atoms with E-state index in [-0.39, 0.29) is 11.5 Å². The standard InChI is InChI=1S/C20H25N3O2/c1-6-15-14(7-8-16(24)22-15)19-13(4)17(12(3)10-25-5)20-18(23-19)11(2)9-21-20/h7-9,12,21H,6,10H2,1-5H3,(H,22,24)/t12-/m1/s1. The maximum atomic E-state index is 11.7. The minimum Gasteiger partial charge on any atom is -0.384 e. The highest BCUT2D eigenvalue weighted by Crippen LogP contribution is 2.35. The SMILES string of the molecule is CCc1[nH]c(=O)ccc1-c1nc2c(C)c[nH]c2c([C@H](C)COC)c1C. The summed E-state index contributed by atoms with van der Waals surface area (Å²) in [6, 6.07) is 3.45. The van der Waals surface area contributed by atoms with Crippen molar-refractivity contribution in [1.29, 1.82) is 0 Å². The van der Waals surface area contributed by atoms with Crippen LogP contribution in [0.3, 0.4) is 0 Å². The van der Waals surface area contributed by atoms with Gasteiger partial charge < -0.3 is 14.7 Å². The fourth-order valence-corrected chi connectivity index (χ4v) is 3.60. The van der Waals surface area contributed by atoms with E-state index in [9.17, 15) is 4.79 Å². The smallest absolute Gasteiger partial charge is 0.248 e. The highest BCUT2D eigenvalue weighted by molar-refractivity contribution is 5.87. The molecule has 0 aromatic carbocycles. The quantitative estimate of drug-likeness (QED) is 0.742. The van der Waals surface area contributed by atoms with Gasteiger partial charge in [-0.3, -0.25) is 4.79 Å². The summed E-state index contributed by atoms with van der Waals surface area (Å²) in [5.74, 6) is 0.236. The van der Waals surface area contributed by atoms with Crippen LogP contribution in [0.25, 0.3) is 22.3 Å². The number of hydrogen-bond donors (Lipinski definition) is 2.